The Bertz CT molecular complexity index is 535. The van der Waals surface area contributed by atoms with E-state index in [-0.39, 0.29) is 16.7 Å². The summed E-state index contributed by atoms with van der Waals surface area (Å²) in [5.41, 5.74) is 0.179. The molecule has 2 rings (SSSR count). The maximum Gasteiger partial charge on any atom is 0.263 e. The molecule has 6 heteroatoms. The number of nitrogens with zero attached hydrogens (tertiary/aromatic N) is 2. The van der Waals surface area contributed by atoms with E-state index in [0.717, 1.165) is 0 Å². The van der Waals surface area contributed by atoms with E-state index in [9.17, 15) is 4.79 Å². The van der Waals surface area contributed by atoms with Gasteiger partial charge in [-0.15, -0.1) is 11.6 Å². The minimum atomic E-state index is -0.291. The largest absolute Gasteiger partial charge is 0.367 e. The summed E-state index contributed by atoms with van der Waals surface area (Å²) in [6.07, 6.45) is 3.76. The highest BCUT2D eigenvalue weighted by atomic mass is 35.5. The highest BCUT2D eigenvalue weighted by Crippen LogP contribution is 2.22. The Morgan fingerprint density at radius 1 is 1.62 bits per heavy atom. The number of H-pyrrole nitrogens is 1. The monoisotopic (exact) mass is 239 g/mol. The molecule has 0 saturated heterocycles. The van der Waals surface area contributed by atoms with Crippen LogP contribution in [0, 0.1) is 0 Å². The first-order valence-corrected chi connectivity index (χ1v) is 5.31. The van der Waals surface area contributed by atoms with E-state index in [4.69, 9.17) is 16.1 Å². The topological polar surface area (TPSA) is 71.8 Å². The molecule has 2 aromatic heterocycles. The predicted octanol–water partition coefficient (Wildman–Crippen LogP) is 2.11. The van der Waals surface area contributed by atoms with Crippen LogP contribution in [0.3, 0.4) is 0 Å². The summed E-state index contributed by atoms with van der Waals surface area (Å²) >= 11 is 5.96. The summed E-state index contributed by atoms with van der Waals surface area (Å²) in [6.45, 7) is 1.92. The Labute approximate surface area is 96.5 Å². The Kier molecular flexibility index (Phi) is 3.05. The van der Waals surface area contributed by atoms with Gasteiger partial charge >= 0.3 is 0 Å². The van der Waals surface area contributed by atoms with Crippen LogP contribution < -0.4 is 5.43 Å². The maximum absolute atomic E-state index is 11.5. The normalized spacial score (nSPS) is 12.6. The number of aromatic amines is 1. The molecule has 5 nitrogen and oxygen atoms in total. The van der Waals surface area contributed by atoms with Crippen molar-refractivity contribution < 1.29 is 4.52 Å². The van der Waals surface area contributed by atoms with Crippen LogP contribution in [0.1, 0.15) is 24.5 Å². The quantitative estimate of drug-likeness (QED) is 0.833. The first-order chi connectivity index (χ1) is 7.72. The summed E-state index contributed by atoms with van der Waals surface area (Å²) in [7, 11) is 0. The molecule has 1 atom stereocenters. The molecule has 2 aromatic rings. The van der Waals surface area contributed by atoms with Gasteiger partial charge in [-0.1, -0.05) is 12.1 Å². The number of halogens is 1. The van der Waals surface area contributed by atoms with Crippen molar-refractivity contribution >= 4 is 11.6 Å². The van der Waals surface area contributed by atoms with Crippen molar-refractivity contribution in [2.24, 2.45) is 0 Å². The van der Waals surface area contributed by atoms with Gasteiger partial charge in [-0.05, 0) is 6.42 Å². The van der Waals surface area contributed by atoms with Gasteiger partial charge in [0.15, 0.2) is 11.3 Å². The van der Waals surface area contributed by atoms with Gasteiger partial charge in [0.2, 0.25) is 0 Å². The molecule has 0 aliphatic rings. The van der Waals surface area contributed by atoms with Crippen molar-refractivity contribution in [3.8, 4) is 11.5 Å². The number of rotatable bonds is 3. The summed E-state index contributed by atoms with van der Waals surface area (Å²) in [4.78, 5) is 18.4. The first kappa shape index (κ1) is 10.9. The van der Waals surface area contributed by atoms with Crippen molar-refractivity contribution in [3.63, 3.8) is 0 Å². The molecular weight excluding hydrogens is 230 g/mol. The van der Waals surface area contributed by atoms with Gasteiger partial charge in [0, 0.05) is 18.5 Å². The molecule has 0 spiro atoms. The standard InChI is InChI=1S/C10H10ClN3O2/c1-2-7(11)9-13-10(16-14-9)6-5-12-4-3-8(6)15/h3-5,7H,2H2,1H3,(H,12,15). The van der Waals surface area contributed by atoms with Crippen LogP contribution in [0.25, 0.3) is 11.5 Å². The molecule has 16 heavy (non-hydrogen) atoms. The van der Waals surface area contributed by atoms with Gasteiger partial charge < -0.3 is 9.51 Å². The summed E-state index contributed by atoms with van der Waals surface area (Å²) in [5.74, 6) is 0.596. The van der Waals surface area contributed by atoms with E-state index in [1.54, 1.807) is 6.20 Å². The molecule has 0 fully saturated rings. The van der Waals surface area contributed by atoms with Gasteiger partial charge in [0.25, 0.3) is 5.89 Å². The number of alkyl halides is 1. The van der Waals surface area contributed by atoms with E-state index in [1.165, 1.54) is 12.3 Å². The third-order valence-corrected chi connectivity index (χ3v) is 2.64. The molecule has 1 N–H and O–H groups in total. The Hall–Kier alpha value is -1.62. The third kappa shape index (κ3) is 1.99. The number of nitrogens with one attached hydrogen (secondary N) is 1. The van der Waals surface area contributed by atoms with Gasteiger partial charge in [0.05, 0.1) is 5.38 Å². The zero-order chi connectivity index (χ0) is 11.5. The van der Waals surface area contributed by atoms with Crippen molar-refractivity contribution in [1.29, 1.82) is 0 Å². The molecule has 0 aliphatic heterocycles. The van der Waals surface area contributed by atoms with Gasteiger partial charge in [-0.2, -0.15) is 4.98 Å². The molecule has 0 bridgehead atoms. The molecule has 0 aliphatic carbocycles. The molecule has 0 amide bonds. The minimum Gasteiger partial charge on any atom is -0.367 e. The lowest BCUT2D eigenvalue weighted by Gasteiger charge is -1.96. The van der Waals surface area contributed by atoms with Crippen molar-refractivity contribution in [2.75, 3.05) is 0 Å². The summed E-state index contributed by atoms with van der Waals surface area (Å²) in [6, 6.07) is 1.40. The average Bonchev–Trinajstić information content (AvgIpc) is 2.78. The SMILES string of the molecule is CCC(Cl)c1noc(-c2c[nH]ccc2=O)n1. The van der Waals surface area contributed by atoms with Crippen LogP contribution in [0.5, 0.6) is 0 Å². The lowest BCUT2D eigenvalue weighted by molar-refractivity contribution is 0.421. The number of pyridine rings is 1. The second-order valence-corrected chi connectivity index (χ2v) is 3.78. The molecule has 84 valence electrons. The number of hydrogen-bond donors (Lipinski definition) is 1. The van der Waals surface area contributed by atoms with Crippen LogP contribution >= 0.6 is 11.6 Å². The predicted molar refractivity (Wildman–Crippen MR) is 59.2 cm³/mol. The fourth-order valence-corrected chi connectivity index (χ4v) is 1.33. The van der Waals surface area contributed by atoms with Crippen LogP contribution in [-0.4, -0.2) is 15.1 Å². The second kappa shape index (κ2) is 4.49. The highest BCUT2D eigenvalue weighted by Gasteiger charge is 2.16. The van der Waals surface area contributed by atoms with Crippen molar-refractivity contribution in [1.82, 2.24) is 15.1 Å². The highest BCUT2D eigenvalue weighted by molar-refractivity contribution is 6.20. The molecule has 0 aromatic carbocycles. The first-order valence-electron chi connectivity index (χ1n) is 4.87. The fourth-order valence-electron chi connectivity index (χ4n) is 1.24. The van der Waals surface area contributed by atoms with Gasteiger partial charge in [-0.3, -0.25) is 4.79 Å². The van der Waals surface area contributed by atoms with E-state index >= 15 is 0 Å². The van der Waals surface area contributed by atoms with E-state index < -0.39 is 0 Å². The molecule has 2 heterocycles. The van der Waals surface area contributed by atoms with Crippen molar-refractivity contribution in [3.05, 3.63) is 34.5 Å². The minimum absolute atomic E-state index is 0.170. The maximum atomic E-state index is 11.5. The van der Waals surface area contributed by atoms with E-state index in [1.807, 2.05) is 6.92 Å². The van der Waals surface area contributed by atoms with E-state index in [2.05, 4.69) is 15.1 Å². The molecule has 0 radical (unpaired) electrons. The summed E-state index contributed by atoms with van der Waals surface area (Å²) < 4.78 is 4.99. The lowest BCUT2D eigenvalue weighted by Crippen LogP contribution is -2.02. The zero-order valence-electron chi connectivity index (χ0n) is 8.61. The Balaban J connectivity index is 2.39. The smallest absolute Gasteiger partial charge is 0.263 e. The molecular formula is C10H10ClN3O2. The van der Waals surface area contributed by atoms with Crippen LogP contribution in [-0.2, 0) is 0 Å². The fraction of sp³-hybridized carbons (Fsp3) is 0.300. The van der Waals surface area contributed by atoms with Crippen LogP contribution in [0.2, 0.25) is 0 Å². The number of hydrogen-bond acceptors (Lipinski definition) is 4. The Morgan fingerprint density at radius 3 is 3.12 bits per heavy atom. The third-order valence-electron chi connectivity index (χ3n) is 2.13. The van der Waals surface area contributed by atoms with Crippen molar-refractivity contribution in [2.45, 2.75) is 18.7 Å². The summed E-state index contributed by atoms with van der Waals surface area (Å²) in [5, 5.41) is 3.44. The zero-order valence-corrected chi connectivity index (χ0v) is 9.36. The lowest BCUT2D eigenvalue weighted by atomic mass is 10.3. The van der Waals surface area contributed by atoms with Gasteiger partial charge in [-0.25, -0.2) is 0 Å². The second-order valence-electron chi connectivity index (χ2n) is 3.26. The van der Waals surface area contributed by atoms with Crippen LogP contribution in [0.4, 0.5) is 0 Å². The van der Waals surface area contributed by atoms with Crippen LogP contribution in [0.15, 0.2) is 27.8 Å². The number of aromatic nitrogens is 3. The van der Waals surface area contributed by atoms with E-state index in [0.29, 0.717) is 17.8 Å². The Morgan fingerprint density at radius 2 is 2.44 bits per heavy atom. The average molecular weight is 240 g/mol. The van der Waals surface area contributed by atoms with Gasteiger partial charge in [0.1, 0.15) is 5.56 Å². The molecule has 1 unspecified atom stereocenters. The molecule has 0 saturated carbocycles.